The van der Waals surface area contributed by atoms with Gasteiger partial charge in [-0.25, -0.2) is 4.98 Å². The molecule has 0 aliphatic rings. The van der Waals surface area contributed by atoms with E-state index in [0.717, 1.165) is 16.5 Å². The van der Waals surface area contributed by atoms with E-state index >= 15 is 0 Å². The van der Waals surface area contributed by atoms with Gasteiger partial charge in [0.25, 0.3) is 0 Å². The molecule has 11 heavy (non-hydrogen) atoms. The quantitative estimate of drug-likeness (QED) is 0.437. The molecule has 0 fully saturated rings. The van der Waals surface area contributed by atoms with Crippen LogP contribution in [-0.2, 0) is 0 Å². The number of H-pyrrole nitrogens is 1. The first-order valence-corrected chi connectivity index (χ1v) is 4.82. The fourth-order valence-corrected chi connectivity index (χ4v) is 1.80. The zero-order valence-electron chi connectivity index (χ0n) is 6.55. The van der Waals surface area contributed by atoms with Crippen molar-refractivity contribution >= 4 is 24.0 Å². The highest BCUT2D eigenvalue weighted by atomic mass is 32.2. The van der Waals surface area contributed by atoms with Gasteiger partial charge in [0.2, 0.25) is 0 Å². The monoisotopic (exact) mass is 186 g/mol. The second-order valence-electron chi connectivity index (χ2n) is 2.14. The first kappa shape index (κ1) is 8.74. The Kier molecular flexibility index (Phi) is 3.08. The Hall–Kier alpha value is -0.350. The molecular formula is C7H10N2S2. The number of aromatic amines is 1. The van der Waals surface area contributed by atoms with Crippen molar-refractivity contribution in [2.75, 3.05) is 5.75 Å². The fraction of sp³-hybridized carbons (Fsp3) is 0.429. The SMILES string of the molecule is CCSc1cc(C)[nH]c(=S)n1. The van der Waals surface area contributed by atoms with Gasteiger partial charge in [0.05, 0.1) is 0 Å². The molecule has 1 aromatic heterocycles. The summed E-state index contributed by atoms with van der Waals surface area (Å²) in [6, 6.07) is 2.00. The number of nitrogens with zero attached hydrogens (tertiary/aromatic N) is 1. The van der Waals surface area contributed by atoms with Crippen molar-refractivity contribution in [3.05, 3.63) is 16.5 Å². The zero-order valence-corrected chi connectivity index (χ0v) is 8.18. The topological polar surface area (TPSA) is 28.7 Å². The molecule has 4 heteroatoms. The number of nitrogens with one attached hydrogen (secondary N) is 1. The smallest absolute Gasteiger partial charge is 0.198 e. The summed E-state index contributed by atoms with van der Waals surface area (Å²) < 4.78 is 0.570. The van der Waals surface area contributed by atoms with Crippen molar-refractivity contribution in [3.63, 3.8) is 0 Å². The second-order valence-corrected chi connectivity index (χ2v) is 3.81. The third-order valence-corrected chi connectivity index (χ3v) is 2.13. The molecule has 0 saturated carbocycles. The minimum atomic E-state index is 0.570. The van der Waals surface area contributed by atoms with E-state index in [1.807, 2.05) is 13.0 Å². The van der Waals surface area contributed by atoms with Gasteiger partial charge in [0, 0.05) is 5.69 Å². The molecule has 1 heterocycles. The van der Waals surface area contributed by atoms with Crippen LogP contribution >= 0.6 is 24.0 Å². The molecule has 2 nitrogen and oxygen atoms in total. The van der Waals surface area contributed by atoms with Gasteiger partial charge in [-0.05, 0) is 31.0 Å². The third kappa shape index (κ3) is 2.63. The predicted octanol–water partition coefficient (Wildman–Crippen LogP) is 2.56. The average molecular weight is 186 g/mol. The molecule has 0 aromatic carbocycles. The second kappa shape index (κ2) is 3.88. The number of hydrogen-bond acceptors (Lipinski definition) is 3. The van der Waals surface area contributed by atoms with E-state index in [-0.39, 0.29) is 0 Å². The van der Waals surface area contributed by atoms with Crippen molar-refractivity contribution in [1.29, 1.82) is 0 Å². The summed E-state index contributed by atoms with van der Waals surface area (Å²) in [5.41, 5.74) is 1.07. The number of aromatic nitrogens is 2. The van der Waals surface area contributed by atoms with E-state index in [1.165, 1.54) is 0 Å². The highest BCUT2D eigenvalue weighted by molar-refractivity contribution is 7.99. The lowest BCUT2D eigenvalue weighted by atomic mass is 10.5. The molecule has 0 aliphatic heterocycles. The maximum absolute atomic E-state index is 4.92. The molecule has 0 radical (unpaired) electrons. The van der Waals surface area contributed by atoms with Crippen LogP contribution in [0.2, 0.25) is 0 Å². The molecule has 0 amide bonds. The lowest BCUT2D eigenvalue weighted by Crippen LogP contribution is -1.88. The number of rotatable bonds is 2. The van der Waals surface area contributed by atoms with Crippen LogP contribution in [0.3, 0.4) is 0 Å². The summed E-state index contributed by atoms with van der Waals surface area (Å²) >= 11 is 6.63. The van der Waals surface area contributed by atoms with E-state index in [9.17, 15) is 0 Å². The van der Waals surface area contributed by atoms with Crippen molar-refractivity contribution in [2.45, 2.75) is 18.9 Å². The number of thioether (sulfide) groups is 1. The minimum Gasteiger partial charge on any atom is -0.335 e. The van der Waals surface area contributed by atoms with Crippen molar-refractivity contribution in [3.8, 4) is 0 Å². The van der Waals surface area contributed by atoms with Gasteiger partial charge >= 0.3 is 0 Å². The van der Waals surface area contributed by atoms with E-state index in [4.69, 9.17) is 12.2 Å². The Balaban J connectivity index is 2.99. The van der Waals surface area contributed by atoms with Gasteiger partial charge < -0.3 is 4.98 Å². The minimum absolute atomic E-state index is 0.570. The Morgan fingerprint density at radius 3 is 3.00 bits per heavy atom. The maximum atomic E-state index is 4.92. The van der Waals surface area contributed by atoms with Gasteiger partial charge in [-0.3, -0.25) is 0 Å². The van der Waals surface area contributed by atoms with E-state index in [1.54, 1.807) is 11.8 Å². The van der Waals surface area contributed by atoms with Crippen LogP contribution in [0.15, 0.2) is 11.1 Å². The van der Waals surface area contributed by atoms with E-state index < -0.39 is 0 Å². The van der Waals surface area contributed by atoms with Crippen LogP contribution in [-0.4, -0.2) is 15.7 Å². The average Bonchev–Trinajstić information content (AvgIpc) is 1.85. The molecular weight excluding hydrogens is 176 g/mol. The number of hydrogen-bond donors (Lipinski definition) is 1. The van der Waals surface area contributed by atoms with Crippen LogP contribution in [0.1, 0.15) is 12.6 Å². The molecule has 0 bridgehead atoms. The molecule has 1 rings (SSSR count). The lowest BCUT2D eigenvalue weighted by Gasteiger charge is -1.97. The van der Waals surface area contributed by atoms with Crippen LogP contribution in [0, 0.1) is 11.7 Å². The Morgan fingerprint density at radius 1 is 1.73 bits per heavy atom. The molecule has 0 atom stereocenters. The zero-order chi connectivity index (χ0) is 8.27. The molecule has 0 unspecified atom stereocenters. The van der Waals surface area contributed by atoms with Crippen LogP contribution in [0.4, 0.5) is 0 Å². The normalized spacial score (nSPS) is 10.0. The van der Waals surface area contributed by atoms with Crippen LogP contribution in [0.25, 0.3) is 0 Å². The Morgan fingerprint density at radius 2 is 2.45 bits per heavy atom. The summed E-state index contributed by atoms with van der Waals surface area (Å²) in [7, 11) is 0. The summed E-state index contributed by atoms with van der Waals surface area (Å²) in [4.78, 5) is 7.11. The van der Waals surface area contributed by atoms with Gasteiger partial charge in [0.1, 0.15) is 5.03 Å². The molecule has 1 N–H and O–H groups in total. The standard InChI is InChI=1S/C7H10N2S2/c1-3-11-6-4-5(2)8-7(10)9-6/h4H,3H2,1-2H3,(H,8,9,10). The number of aryl methyl sites for hydroxylation is 1. The molecule has 60 valence electrons. The van der Waals surface area contributed by atoms with Crippen LogP contribution in [0.5, 0.6) is 0 Å². The highest BCUT2D eigenvalue weighted by Gasteiger charge is 1.93. The predicted molar refractivity (Wildman–Crippen MR) is 50.6 cm³/mol. The summed E-state index contributed by atoms with van der Waals surface area (Å²) in [6.45, 7) is 4.08. The highest BCUT2D eigenvalue weighted by Crippen LogP contribution is 2.13. The van der Waals surface area contributed by atoms with Gasteiger partial charge in [-0.1, -0.05) is 6.92 Å². The Bertz CT molecular complexity index is 293. The van der Waals surface area contributed by atoms with Gasteiger partial charge in [0.15, 0.2) is 4.77 Å². The molecule has 0 aliphatic carbocycles. The largest absolute Gasteiger partial charge is 0.335 e. The van der Waals surface area contributed by atoms with E-state index in [2.05, 4.69) is 16.9 Å². The van der Waals surface area contributed by atoms with Gasteiger partial charge in [-0.2, -0.15) is 0 Å². The van der Waals surface area contributed by atoms with Crippen molar-refractivity contribution < 1.29 is 0 Å². The van der Waals surface area contributed by atoms with Crippen LogP contribution < -0.4 is 0 Å². The van der Waals surface area contributed by atoms with Gasteiger partial charge in [-0.15, -0.1) is 11.8 Å². The lowest BCUT2D eigenvalue weighted by molar-refractivity contribution is 0.984. The van der Waals surface area contributed by atoms with Crippen molar-refractivity contribution in [1.82, 2.24) is 9.97 Å². The first-order valence-electron chi connectivity index (χ1n) is 3.43. The summed E-state index contributed by atoms with van der Waals surface area (Å²) in [5.74, 6) is 1.03. The molecule has 1 aromatic rings. The third-order valence-electron chi connectivity index (χ3n) is 1.15. The maximum Gasteiger partial charge on any atom is 0.198 e. The van der Waals surface area contributed by atoms with E-state index in [0.29, 0.717) is 4.77 Å². The summed E-state index contributed by atoms with van der Waals surface area (Å²) in [6.07, 6.45) is 0. The molecule has 0 spiro atoms. The van der Waals surface area contributed by atoms with Crippen molar-refractivity contribution in [2.24, 2.45) is 0 Å². The fourth-order valence-electron chi connectivity index (χ4n) is 0.772. The Labute approximate surface area is 75.4 Å². The first-order chi connectivity index (χ1) is 5.22. The molecule has 0 saturated heterocycles. The summed E-state index contributed by atoms with van der Waals surface area (Å²) in [5, 5.41) is 1.01.